The number of H-pyrrole nitrogens is 1. The average Bonchev–Trinajstić information content (AvgIpc) is 2.37. The molecule has 0 saturated heterocycles. The predicted molar refractivity (Wildman–Crippen MR) is 69.7 cm³/mol. The summed E-state index contributed by atoms with van der Waals surface area (Å²) in [6.45, 7) is 0.249. The molecule has 94 valence electrons. The van der Waals surface area contributed by atoms with Crippen molar-refractivity contribution in [2.75, 3.05) is 0 Å². The minimum absolute atomic E-state index is 0.0325. The van der Waals surface area contributed by atoms with Gasteiger partial charge in [0, 0.05) is 18.8 Å². The fraction of sp³-hybridized carbons (Fsp3) is 0.167. The van der Waals surface area contributed by atoms with E-state index in [0.29, 0.717) is 0 Å². The summed E-state index contributed by atoms with van der Waals surface area (Å²) < 4.78 is 1.29. The zero-order chi connectivity index (χ0) is 13.1. The number of halogens is 1. The summed E-state index contributed by atoms with van der Waals surface area (Å²) in [5, 5.41) is -0.0325. The molecule has 0 bridgehead atoms. The van der Waals surface area contributed by atoms with Gasteiger partial charge in [0.2, 0.25) is 0 Å². The fourth-order valence-corrected chi connectivity index (χ4v) is 1.80. The molecule has 0 saturated carbocycles. The molecule has 0 fully saturated rings. The number of benzene rings is 1. The van der Waals surface area contributed by atoms with Gasteiger partial charge in [-0.25, -0.2) is 4.79 Å². The van der Waals surface area contributed by atoms with E-state index < -0.39 is 11.2 Å². The molecule has 0 aliphatic carbocycles. The van der Waals surface area contributed by atoms with Crippen LogP contribution in [0, 0.1) is 0 Å². The van der Waals surface area contributed by atoms with Crippen LogP contribution >= 0.6 is 11.6 Å². The normalized spacial score (nSPS) is 12.3. The van der Waals surface area contributed by atoms with Gasteiger partial charge in [0.15, 0.2) is 0 Å². The highest BCUT2D eigenvalue weighted by Gasteiger charge is 2.09. The molecule has 0 aliphatic rings. The Morgan fingerprint density at radius 1 is 1.28 bits per heavy atom. The molecule has 1 aromatic carbocycles. The molecule has 3 N–H and O–H groups in total. The predicted octanol–water partition coefficient (Wildman–Crippen LogP) is 0.890. The fourth-order valence-electron chi connectivity index (χ4n) is 1.64. The monoisotopic (exact) mass is 265 g/mol. The van der Waals surface area contributed by atoms with Crippen molar-refractivity contribution < 1.29 is 0 Å². The molecule has 18 heavy (non-hydrogen) atoms. The van der Waals surface area contributed by atoms with Crippen LogP contribution in [0.1, 0.15) is 11.6 Å². The average molecular weight is 266 g/mol. The zero-order valence-electron chi connectivity index (χ0n) is 9.47. The molecule has 1 heterocycles. The largest absolute Gasteiger partial charge is 0.328 e. The number of nitrogens with zero attached hydrogens (tertiary/aromatic N) is 1. The van der Waals surface area contributed by atoms with Crippen molar-refractivity contribution in [3.63, 3.8) is 0 Å². The second-order valence-corrected chi connectivity index (χ2v) is 4.31. The molecule has 6 heteroatoms. The highest BCUT2D eigenvalue weighted by molar-refractivity contribution is 6.30. The van der Waals surface area contributed by atoms with Gasteiger partial charge in [0.1, 0.15) is 5.02 Å². The molecular formula is C12H12ClN3O2. The number of rotatable bonds is 3. The highest BCUT2D eigenvalue weighted by Crippen LogP contribution is 2.11. The number of nitrogens with two attached hydrogens (primary N) is 1. The summed E-state index contributed by atoms with van der Waals surface area (Å²) in [4.78, 5) is 24.8. The van der Waals surface area contributed by atoms with E-state index >= 15 is 0 Å². The van der Waals surface area contributed by atoms with Crippen molar-refractivity contribution in [3.05, 3.63) is 68.0 Å². The highest BCUT2D eigenvalue weighted by atomic mass is 35.5. The Morgan fingerprint density at radius 2 is 1.94 bits per heavy atom. The second kappa shape index (κ2) is 5.20. The van der Waals surface area contributed by atoms with Crippen molar-refractivity contribution in [2.24, 2.45) is 5.73 Å². The van der Waals surface area contributed by atoms with Gasteiger partial charge in [-0.3, -0.25) is 14.3 Å². The molecule has 0 spiro atoms. The molecule has 0 aliphatic heterocycles. The summed E-state index contributed by atoms with van der Waals surface area (Å²) in [6.07, 6.45) is 1.30. The summed E-state index contributed by atoms with van der Waals surface area (Å²) in [5.74, 6) is 0. The van der Waals surface area contributed by atoms with Crippen molar-refractivity contribution in [2.45, 2.75) is 12.6 Å². The Labute approximate surface area is 108 Å². The lowest BCUT2D eigenvalue weighted by molar-refractivity contribution is 0.549. The molecule has 0 amide bonds. The first-order valence-corrected chi connectivity index (χ1v) is 5.75. The number of hydrogen-bond acceptors (Lipinski definition) is 3. The smallest absolute Gasteiger partial charge is 0.322 e. The van der Waals surface area contributed by atoms with Crippen molar-refractivity contribution >= 4 is 11.6 Å². The van der Waals surface area contributed by atoms with E-state index in [4.69, 9.17) is 17.3 Å². The molecule has 2 rings (SSSR count). The van der Waals surface area contributed by atoms with Crippen molar-refractivity contribution in [1.82, 2.24) is 9.55 Å². The molecule has 2 aromatic rings. The molecule has 1 atom stereocenters. The molecule has 1 aromatic heterocycles. The summed E-state index contributed by atoms with van der Waals surface area (Å²) in [7, 11) is 0. The van der Waals surface area contributed by atoms with Crippen LogP contribution in [0.4, 0.5) is 0 Å². The SMILES string of the molecule is NC(Cn1cc(Cl)c(=O)[nH]c1=O)c1ccccc1. The Kier molecular flexibility index (Phi) is 3.64. The van der Waals surface area contributed by atoms with Gasteiger partial charge in [-0.1, -0.05) is 41.9 Å². The third kappa shape index (κ3) is 2.69. The topological polar surface area (TPSA) is 80.9 Å². The van der Waals surface area contributed by atoms with E-state index in [0.717, 1.165) is 5.56 Å². The molecular weight excluding hydrogens is 254 g/mol. The van der Waals surface area contributed by atoms with E-state index in [2.05, 4.69) is 4.98 Å². The summed E-state index contributed by atoms with van der Waals surface area (Å²) in [6, 6.07) is 9.05. The zero-order valence-corrected chi connectivity index (χ0v) is 10.2. The summed E-state index contributed by atoms with van der Waals surface area (Å²) >= 11 is 5.67. The van der Waals surface area contributed by atoms with Crippen LogP contribution in [-0.4, -0.2) is 9.55 Å². The van der Waals surface area contributed by atoms with Gasteiger partial charge < -0.3 is 5.73 Å². The van der Waals surface area contributed by atoms with Crippen LogP contribution in [0.25, 0.3) is 0 Å². The second-order valence-electron chi connectivity index (χ2n) is 3.91. The lowest BCUT2D eigenvalue weighted by atomic mass is 10.1. The van der Waals surface area contributed by atoms with Gasteiger partial charge in [0.05, 0.1) is 0 Å². The third-order valence-corrected chi connectivity index (χ3v) is 2.86. The number of nitrogens with one attached hydrogen (secondary N) is 1. The van der Waals surface area contributed by atoms with Crippen LogP contribution < -0.4 is 17.0 Å². The Morgan fingerprint density at radius 3 is 2.61 bits per heavy atom. The summed E-state index contributed by atoms with van der Waals surface area (Å²) in [5.41, 5.74) is 5.79. The van der Waals surface area contributed by atoms with Gasteiger partial charge in [-0.15, -0.1) is 0 Å². The Bertz CT molecular complexity index is 648. The standard InChI is InChI=1S/C12H12ClN3O2/c13-9-6-16(12(18)15-11(9)17)7-10(14)8-4-2-1-3-5-8/h1-6,10H,7,14H2,(H,15,17,18). The van der Waals surface area contributed by atoms with Gasteiger partial charge in [-0.05, 0) is 5.56 Å². The first-order valence-electron chi connectivity index (χ1n) is 5.37. The van der Waals surface area contributed by atoms with Crippen LogP contribution in [0.15, 0.2) is 46.1 Å². The lowest BCUT2D eigenvalue weighted by Gasteiger charge is -2.13. The Hall–Kier alpha value is -1.85. The maximum absolute atomic E-state index is 11.6. The van der Waals surface area contributed by atoms with Gasteiger partial charge in [-0.2, -0.15) is 0 Å². The quantitative estimate of drug-likeness (QED) is 0.865. The van der Waals surface area contributed by atoms with Crippen molar-refractivity contribution in [1.29, 1.82) is 0 Å². The van der Waals surface area contributed by atoms with E-state index in [1.807, 2.05) is 30.3 Å². The van der Waals surface area contributed by atoms with E-state index in [-0.39, 0.29) is 17.6 Å². The van der Waals surface area contributed by atoms with E-state index in [9.17, 15) is 9.59 Å². The number of aromatic nitrogens is 2. The minimum Gasteiger partial charge on any atom is -0.322 e. The third-order valence-electron chi connectivity index (χ3n) is 2.59. The molecule has 5 nitrogen and oxygen atoms in total. The maximum Gasteiger partial charge on any atom is 0.328 e. The first kappa shape index (κ1) is 12.6. The lowest BCUT2D eigenvalue weighted by Crippen LogP contribution is -2.32. The Balaban J connectivity index is 2.28. The van der Waals surface area contributed by atoms with Crippen LogP contribution in [0.3, 0.4) is 0 Å². The minimum atomic E-state index is -0.591. The van der Waals surface area contributed by atoms with Crippen LogP contribution in [0.5, 0.6) is 0 Å². The number of hydrogen-bond donors (Lipinski definition) is 2. The first-order chi connectivity index (χ1) is 8.58. The van der Waals surface area contributed by atoms with Crippen LogP contribution in [-0.2, 0) is 6.54 Å². The van der Waals surface area contributed by atoms with Gasteiger partial charge in [0.25, 0.3) is 5.56 Å². The van der Waals surface area contributed by atoms with Gasteiger partial charge >= 0.3 is 5.69 Å². The van der Waals surface area contributed by atoms with E-state index in [1.165, 1.54) is 10.8 Å². The molecule has 0 radical (unpaired) electrons. The van der Waals surface area contributed by atoms with Crippen molar-refractivity contribution in [3.8, 4) is 0 Å². The maximum atomic E-state index is 11.6. The van der Waals surface area contributed by atoms with E-state index in [1.54, 1.807) is 0 Å². The van der Waals surface area contributed by atoms with Crippen LogP contribution in [0.2, 0.25) is 5.02 Å². The molecule has 1 unspecified atom stereocenters. The number of aromatic amines is 1.